The van der Waals surface area contributed by atoms with Gasteiger partial charge in [0.1, 0.15) is 0 Å². The fourth-order valence-corrected chi connectivity index (χ4v) is 2.80. The molecule has 0 aromatic carbocycles. The molecule has 0 spiro atoms. The maximum atomic E-state index is 11.7. The summed E-state index contributed by atoms with van der Waals surface area (Å²) in [6.45, 7) is 1.47. The minimum atomic E-state index is -4.53. The van der Waals surface area contributed by atoms with Crippen LogP contribution in [0.15, 0.2) is 0 Å². The average Bonchev–Trinajstić information content (AvgIpc) is 2.67. The Morgan fingerprint density at radius 2 is 2.00 bits per heavy atom. The van der Waals surface area contributed by atoms with E-state index < -0.39 is 6.36 Å². The van der Waals surface area contributed by atoms with Crippen LogP contribution in [0.5, 0.6) is 0 Å². The van der Waals surface area contributed by atoms with Crippen LogP contribution in [0.3, 0.4) is 0 Å². The molecule has 1 saturated carbocycles. The number of hydrogen-bond donors (Lipinski definition) is 1. The van der Waals surface area contributed by atoms with Crippen molar-refractivity contribution in [3.05, 3.63) is 0 Å². The lowest BCUT2D eigenvalue weighted by molar-refractivity contribution is -0.324. The number of halogens is 3. The molecule has 6 heteroatoms. The SMILES string of the molecule is OC1CCC2CN(CCOC(F)(F)F)CC12. The quantitative estimate of drug-likeness (QED) is 0.804. The van der Waals surface area contributed by atoms with E-state index in [2.05, 4.69) is 4.74 Å². The summed E-state index contributed by atoms with van der Waals surface area (Å²) < 4.78 is 39.0. The second-order valence-electron chi connectivity index (χ2n) is 4.62. The fraction of sp³-hybridized carbons (Fsp3) is 1.00. The van der Waals surface area contributed by atoms with E-state index in [0.717, 1.165) is 19.4 Å². The van der Waals surface area contributed by atoms with Crippen molar-refractivity contribution in [3.8, 4) is 0 Å². The molecule has 3 nitrogen and oxygen atoms in total. The second-order valence-corrected chi connectivity index (χ2v) is 4.62. The summed E-state index contributed by atoms with van der Waals surface area (Å²) in [5.41, 5.74) is 0. The zero-order valence-electron chi connectivity index (χ0n) is 8.91. The number of nitrogens with zero attached hydrogens (tertiary/aromatic N) is 1. The molecule has 1 N–H and O–H groups in total. The Hall–Kier alpha value is -0.330. The van der Waals surface area contributed by atoms with E-state index in [9.17, 15) is 18.3 Å². The zero-order chi connectivity index (χ0) is 11.8. The molecular formula is C10H16F3NO2. The summed E-state index contributed by atoms with van der Waals surface area (Å²) in [6, 6.07) is 0. The van der Waals surface area contributed by atoms with Gasteiger partial charge in [-0.15, -0.1) is 13.2 Å². The third kappa shape index (κ3) is 2.87. The maximum absolute atomic E-state index is 11.7. The Morgan fingerprint density at radius 3 is 2.62 bits per heavy atom. The molecule has 2 aliphatic rings. The summed E-state index contributed by atoms with van der Waals surface area (Å²) in [5, 5.41) is 9.63. The van der Waals surface area contributed by atoms with E-state index in [1.165, 1.54) is 0 Å². The molecule has 0 bridgehead atoms. The highest BCUT2D eigenvalue weighted by atomic mass is 19.4. The minimum Gasteiger partial charge on any atom is -0.393 e. The first kappa shape index (κ1) is 12.1. The zero-order valence-corrected chi connectivity index (χ0v) is 8.91. The number of alkyl halides is 3. The van der Waals surface area contributed by atoms with Gasteiger partial charge in [0.15, 0.2) is 0 Å². The summed E-state index contributed by atoms with van der Waals surface area (Å²) >= 11 is 0. The van der Waals surface area contributed by atoms with Crippen molar-refractivity contribution >= 4 is 0 Å². The van der Waals surface area contributed by atoms with Gasteiger partial charge in [-0.05, 0) is 18.8 Å². The van der Waals surface area contributed by atoms with Gasteiger partial charge in [0.25, 0.3) is 0 Å². The number of rotatable bonds is 3. The molecule has 16 heavy (non-hydrogen) atoms. The molecule has 1 aliphatic carbocycles. The Kier molecular flexibility index (Phi) is 3.42. The highest BCUT2D eigenvalue weighted by molar-refractivity contribution is 4.93. The van der Waals surface area contributed by atoms with Crippen LogP contribution >= 0.6 is 0 Å². The van der Waals surface area contributed by atoms with E-state index in [1.54, 1.807) is 0 Å². The molecule has 1 heterocycles. The molecule has 0 amide bonds. The fourth-order valence-electron chi connectivity index (χ4n) is 2.80. The molecule has 2 rings (SSSR count). The Labute approximate surface area is 92.2 Å². The first-order valence-corrected chi connectivity index (χ1v) is 5.57. The molecule has 3 unspecified atom stereocenters. The summed E-state index contributed by atoms with van der Waals surface area (Å²) in [4.78, 5) is 1.95. The van der Waals surface area contributed by atoms with Gasteiger partial charge >= 0.3 is 6.36 Å². The first-order chi connectivity index (χ1) is 7.46. The molecular weight excluding hydrogens is 223 g/mol. The van der Waals surface area contributed by atoms with Gasteiger partial charge in [0.2, 0.25) is 0 Å². The van der Waals surface area contributed by atoms with Crippen molar-refractivity contribution in [2.75, 3.05) is 26.2 Å². The smallest absolute Gasteiger partial charge is 0.393 e. The molecule has 0 radical (unpaired) electrons. The van der Waals surface area contributed by atoms with Gasteiger partial charge in [-0.2, -0.15) is 0 Å². The van der Waals surface area contributed by atoms with Gasteiger partial charge in [0.05, 0.1) is 12.7 Å². The third-order valence-electron chi connectivity index (χ3n) is 3.57. The molecule has 3 atom stereocenters. The standard InChI is InChI=1S/C10H16F3NO2/c11-10(12,13)16-4-3-14-5-7-1-2-9(15)8(7)6-14/h7-9,15H,1-6H2. The molecule has 0 aromatic heterocycles. The number of aliphatic hydroxyl groups excluding tert-OH is 1. The number of likely N-dealkylation sites (tertiary alicyclic amines) is 1. The molecule has 1 aliphatic heterocycles. The van der Waals surface area contributed by atoms with E-state index in [1.807, 2.05) is 4.90 Å². The summed E-state index contributed by atoms with van der Waals surface area (Å²) in [7, 11) is 0. The van der Waals surface area contributed by atoms with Crippen molar-refractivity contribution in [3.63, 3.8) is 0 Å². The van der Waals surface area contributed by atoms with Crippen LogP contribution in [0.25, 0.3) is 0 Å². The van der Waals surface area contributed by atoms with Crippen molar-refractivity contribution in [1.82, 2.24) is 4.90 Å². The number of aliphatic hydroxyl groups is 1. The number of fused-ring (bicyclic) bond motifs is 1. The van der Waals surface area contributed by atoms with Gasteiger partial charge in [-0.1, -0.05) is 0 Å². The number of hydrogen-bond acceptors (Lipinski definition) is 3. The lowest BCUT2D eigenvalue weighted by Crippen LogP contribution is -2.30. The molecule has 1 saturated heterocycles. The van der Waals surface area contributed by atoms with Gasteiger partial charge in [-0.25, -0.2) is 0 Å². The van der Waals surface area contributed by atoms with Crippen LogP contribution in [-0.2, 0) is 4.74 Å². The van der Waals surface area contributed by atoms with Crippen LogP contribution in [0.4, 0.5) is 13.2 Å². The van der Waals surface area contributed by atoms with Crippen molar-refractivity contribution < 1.29 is 23.0 Å². The lowest BCUT2D eigenvalue weighted by Gasteiger charge is -2.18. The van der Waals surface area contributed by atoms with E-state index in [-0.39, 0.29) is 18.6 Å². The topological polar surface area (TPSA) is 32.7 Å². The van der Waals surface area contributed by atoms with Crippen LogP contribution < -0.4 is 0 Å². The predicted molar refractivity (Wildman–Crippen MR) is 50.7 cm³/mol. The van der Waals surface area contributed by atoms with Crippen molar-refractivity contribution in [1.29, 1.82) is 0 Å². The third-order valence-corrected chi connectivity index (χ3v) is 3.57. The lowest BCUT2D eigenvalue weighted by atomic mass is 10.00. The molecule has 2 fully saturated rings. The summed E-state index contributed by atoms with van der Waals surface area (Å²) in [5.74, 6) is 0.715. The monoisotopic (exact) mass is 239 g/mol. The van der Waals surface area contributed by atoms with Crippen molar-refractivity contribution in [2.24, 2.45) is 11.8 Å². The maximum Gasteiger partial charge on any atom is 0.522 e. The highest BCUT2D eigenvalue weighted by Crippen LogP contribution is 2.37. The Morgan fingerprint density at radius 1 is 1.25 bits per heavy atom. The van der Waals surface area contributed by atoms with Gasteiger partial charge < -0.3 is 10.0 Å². The van der Waals surface area contributed by atoms with Gasteiger partial charge in [0, 0.05) is 25.6 Å². The Balaban J connectivity index is 1.70. The summed E-state index contributed by atoms with van der Waals surface area (Å²) in [6.07, 6.45) is -2.97. The van der Waals surface area contributed by atoms with Crippen LogP contribution in [0.1, 0.15) is 12.8 Å². The van der Waals surface area contributed by atoms with Gasteiger partial charge in [-0.3, -0.25) is 4.74 Å². The molecule has 0 aromatic rings. The first-order valence-electron chi connectivity index (χ1n) is 5.57. The minimum absolute atomic E-state index is 0.255. The van der Waals surface area contributed by atoms with Crippen LogP contribution in [0.2, 0.25) is 0 Å². The van der Waals surface area contributed by atoms with Crippen LogP contribution in [-0.4, -0.2) is 48.7 Å². The van der Waals surface area contributed by atoms with E-state index in [0.29, 0.717) is 19.0 Å². The Bertz CT molecular complexity index is 247. The second kappa shape index (κ2) is 4.50. The predicted octanol–water partition coefficient (Wildman–Crippen LogP) is 1.23. The van der Waals surface area contributed by atoms with E-state index >= 15 is 0 Å². The van der Waals surface area contributed by atoms with E-state index in [4.69, 9.17) is 0 Å². The highest BCUT2D eigenvalue weighted by Gasteiger charge is 2.41. The normalized spacial score (nSPS) is 35.6. The van der Waals surface area contributed by atoms with Crippen LogP contribution in [0, 0.1) is 11.8 Å². The number of ether oxygens (including phenoxy) is 1. The molecule has 94 valence electrons. The largest absolute Gasteiger partial charge is 0.522 e. The average molecular weight is 239 g/mol. The van der Waals surface area contributed by atoms with Crippen molar-refractivity contribution in [2.45, 2.75) is 25.3 Å².